The normalized spacial score (nSPS) is 14.2. The molecule has 0 spiro atoms. The van der Waals surface area contributed by atoms with Gasteiger partial charge in [0.25, 0.3) is 0 Å². The molecule has 4 aromatic rings. The molecule has 32 heavy (non-hydrogen) atoms. The van der Waals surface area contributed by atoms with Crippen LogP contribution in [0.3, 0.4) is 0 Å². The van der Waals surface area contributed by atoms with E-state index in [2.05, 4.69) is 75.6 Å². The van der Waals surface area contributed by atoms with Crippen molar-refractivity contribution in [2.45, 2.75) is 25.8 Å². The summed E-state index contributed by atoms with van der Waals surface area (Å²) in [5.41, 5.74) is 3.28. The highest BCUT2D eigenvalue weighted by atomic mass is 35.5. The third-order valence-electron chi connectivity index (χ3n) is 6.25. The van der Waals surface area contributed by atoms with Gasteiger partial charge in [-0.3, -0.25) is 0 Å². The molecule has 0 bridgehead atoms. The Hall–Kier alpha value is -2.82. The molecule has 3 aromatic carbocycles. The lowest BCUT2D eigenvalue weighted by Crippen LogP contribution is -2.37. The summed E-state index contributed by atoms with van der Waals surface area (Å²) in [5.74, 6) is 0.837. The molecule has 166 valence electrons. The molecule has 1 aliphatic rings. The maximum atomic E-state index is 5.86. The van der Waals surface area contributed by atoms with Crippen molar-refractivity contribution in [1.29, 1.82) is 0 Å². The van der Waals surface area contributed by atoms with Gasteiger partial charge in [0.2, 0.25) is 5.88 Å². The van der Waals surface area contributed by atoms with Crippen molar-refractivity contribution < 1.29 is 4.52 Å². The van der Waals surface area contributed by atoms with Crippen molar-refractivity contribution in [2.24, 2.45) is 0 Å². The van der Waals surface area contributed by atoms with Gasteiger partial charge in [0.1, 0.15) is 5.69 Å². The third kappa shape index (κ3) is 5.14. The molecule has 0 aliphatic carbocycles. The highest BCUT2D eigenvalue weighted by molar-refractivity contribution is 5.86. The molecule has 0 N–H and O–H groups in total. The smallest absolute Gasteiger partial charge is 0.228 e. The van der Waals surface area contributed by atoms with E-state index in [1.807, 2.05) is 18.2 Å². The average molecular weight is 448 g/mol. The summed E-state index contributed by atoms with van der Waals surface area (Å²) in [6, 6.07) is 27.5. The second kappa shape index (κ2) is 10.7. The van der Waals surface area contributed by atoms with Crippen LogP contribution in [-0.4, -0.2) is 36.2 Å². The number of nitrogens with zero attached hydrogens (tertiary/aromatic N) is 3. The van der Waals surface area contributed by atoms with E-state index in [0.29, 0.717) is 0 Å². The quantitative estimate of drug-likeness (QED) is 0.327. The molecule has 1 fully saturated rings. The molecular weight excluding hydrogens is 418 g/mol. The summed E-state index contributed by atoms with van der Waals surface area (Å²) in [6.45, 7) is 5.18. The van der Waals surface area contributed by atoms with E-state index in [9.17, 15) is 0 Å². The second-order valence-corrected chi connectivity index (χ2v) is 8.38. The van der Waals surface area contributed by atoms with Crippen LogP contribution >= 0.6 is 12.4 Å². The van der Waals surface area contributed by atoms with Crippen LogP contribution in [0, 0.1) is 0 Å². The molecule has 0 unspecified atom stereocenters. The fourth-order valence-corrected chi connectivity index (χ4v) is 4.51. The standard InChI is InChI=1S/C27H29N3O.ClH/c1-3-11-23(12-4-1)26-20-27(31-28-26)30(19-18-29-16-7-2-8-17-29)21-24-14-9-13-22-10-5-6-15-25(22)24;/h1,3-6,9-15,20H,2,7-8,16-19,21H2;1H. The van der Waals surface area contributed by atoms with Crippen LogP contribution in [0.5, 0.6) is 0 Å². The first kappa shape index (κ1) is 22.4. The zero-order chi connectivity index (χ0) is 20.9. The van der Waals surface area contributed by atoms with E-state index in [1.165, 1.54) is 48.7 Å². The Bertz CT molecular complexity index is 1120. The number of rotatable bonds is 7. The fourth-order valence-electron chi connectivity index (χ4n) is 4.51. The van der Waals surface area contributed by atoms with E-state index in [4.69, 9.17) is 4.52 Å². The highest BCUT2D eigenvalue weighted by Crippen LogP contribution is 2.27. The molecule has 4 nitrogen and oxygen atoms in total. The van der Waals surface area contributed by atoms with Gasteiger partial charge >= 0.3 is 0 Å². The van der Waals surface area contributed by atoms with Crippen LogP contribution < -0.4 is 4.90 Å². The van der Waals surface area contributed by atoms with Crippen LogP contribution in [0.1, 0.15) is 24.8 Å². The van der Waals surface area contributed by atoms with Crippen LogP contribution in [0.4, 0.5) is 5.88 Å². The average Bonchev–Trinajstić information content (AvgIpc) is 3.33. The molecule has 0 saturated carbocycles. The predicted octanol–water partition coefficient (Wildman–Crippen LogP) is 6.41. The molecule has 0 amide bonds. The Kier molecular flexibility index (Phi) is 7.46. The number of benzene rings is 3. The molecule has 1 aromatic heterocycles. The number of halogens is 1. The van der Waals surface area contributed by atoms with Crippen molar-refractivity contribution in [3.63, 3.8) is 0 Å². The van der Waals surface area contributed by atoms with Crippen molar-refractivity contribution in [1.82, 2.24) is 10.1 Å². The number of hydrogen-bond donors (Lipinski definition) is 0. The molecule has 2 heterocycles. The van der Waals surface area contributed by atoms with Gasteiger partial charge in [-0.25, -0.2) is 0 Å². The first-order chi connectivity index (χ1) is 15.4. The largest absolute Gasteiger partial charge is 0.338 e. The van der Waals surface area contributed by atoms with Crippen molar-refractivity contribution in [3.8, 4) is 11.3 Å². The van der Waals surface area contributed by atoms with Gasteiger partial charge in [-0.05, 0) is 42.3 Å². The van der Waals surface area contributed by atoms with Gasteiger partial charge < -0.3 is 14.3 Å². The molecule has 0 atom stereocenters. The van der Waals surface area contributed by atoms with Crippen LogP contribution in [0.25, 0.3) is 22.0 Å². The second-order valence-electron chi connectivity index (χ2n) is 8.38. The minimum Gasteiger partial charge on any atom is -0.338 e. The molecular formula is C27H30ClN3O. The van der Waals surface area contributed by atoms with Gasteiger partial charge in [-0.1, -0.05) is 84.4 Å². The lowest BCUT2D eigenvalue weighted by atomic mass is 10.0. The predicted molar refractivity (Wildman–Crippen MR) is 134 cm³/mol. The maximum absolute atomic E-state index is 5.86. The SMILES string of the molecule is Cl.c1ccc(-c2cc(N(CCN3CCCCC3)Cc3cccc4ccccc34)on2)cc1. The minimum atomic E-state index is 0. The monoisotopic (exact) mass is 447 g/mol. The van der Waals surface area contributed by atoms with Gasteiger partial charge in [0.15, 0.2) is 0 Å². The van der Waals surface area contributed by atoms with E-state index < -0.39 is 0 Å². The topological polar surface area (TPSA) is 32.5 Å². The van der Waals surface area contributed by atoms with Crippen LogP contribution in [-0.2, 0) is 6.54 Å². The Morgan fingerprint density at radius 3 is 2.44 bits per heavy atom. The maximum Gasteiger partial charge on any atom is 0.228 e. The first-order valence-corrected chi connectivity index (χ1v) is 11.3. The van der Waals surface area contributed by atoms with Crippen molar-refractivity contribution in [3.05, 3.63) is 84.4 Å². The summed E-state index contributed by atoms with van der Waals surface area (Å²) in [7, 11) is 0. The molecule has 1 saturated heterocycles. The number of aromatic nitrogens is 1. The zero-order valence-corrected chi connectivity index (χ0v) is 19.1. The Morgan fingerprint density at radius 2 is 1.59 bits per heavy atom. The Labute approximate surface area is 196 Å². The lowest BCUT2D eigenvalue weighted by Gasteiger charge is -2.30. The summed E-state index contributed by atoms with van der Waals surface area (Å²) < 4.78 is 5.86. The number of anilines is 1. The summed E-state index contributed by atoms with van der Waals surface area (Å²) >= 11 is 0. The number of likely N-dealkylation sites (tertiary alicyclic amines) is 1. The van der Waals surface area contributed by atoms with Crippen molar-refractivity contribution >= 4 is 29.1 Å². The number of fused-ring (bicyclic) bond motifs is 1. The van der Waals surface area contributed by atoms with E-state index in [1.54, 1.807) is 0 Å². The summed E-state index contributed by atoms with van der Waals surface area (Å²) in [4.78, 5) is 4.92. The summed E-state index contributed by atoms with van der Waals surface area (Å²) in [5, 5.41) is 6.95. The van der Waals surface area contributed by atoms with Crippen LogP contribution in [0.15, 0.2) is 83.4 Å². The summed E-state index contributed by atoms with van der Waals surface area (Å²) in [6.07, 6.45) is 3.98. The van der Waals surface area contributed by atoms with Gasteiger partial charge in [-0.15, -0.1) is 12.4 Å². The Morgan fingerprint density at radius 1 is 0.844 bits per heavy atom. The van der Waals surface area contributed by atoms with Gasteiger partial charge in [-0.2, -0.15) is 0 Å². The first-order valence-electron chi connectivity index (χ1n) is 11.3. The molecule has 0 radical (unpaired) electrons. The Balaban J connectivity index is 0.00000245. The zero-order valence-electron chi connectivity index (χ0n) is 18.3. The number of hydrogen-bond acceptors (Lipinski definition) is 4. The highest BCUT2D eigenvalue weighted by Gasteiger charge is 2.18. The minimum absolute atomic E-state index is 0. The van der Waals surface area contributed by atoms with E-state index in [0.717, 1.165) is 36.8 Å². The third-order valence-corrected chi connectivity index (χ3v) is 6.25. The fraction of sp³-hybridized carbons (Fsp3) is 0.296. The van der Waals surface area contributed by atoms with Crippen LogP contribution in [0.2, 0.25) is 0 Å². The van der Waals surface area contributed by atoms with E-state index in [-0.39, 0.29) is 12.4 Å². The lowest BCUT2D eigenvalue weighted by molar-refractivity contribution is 0.231. The molecule has 5 rings (SSSR count). The van der Waals surface area contributed by atoms with Gasteiger partial charge in [0, 0.05) is 31.3 Å². The van der Waals surface area contributed by atoms with Gasteiger partial charge in [0.05, 0.1) is 0 Å². The van der Waals surface area contributed by atoms with E-state index >= 15 is 0 Å². The van der Waals surface area contributed by atoms with Crippen molar-refractivity contribution in [2.75, 3.05) is 31.1 Å². The number of piperidine rings is 1. The molecule has 1 aliphatic heterocycles. The molecule has 5 heteroatoms.